The molecule has 25 heavy (non-hydrogen) atoms. The SMILES string of the molecule is N#Cc1ccc(Cl)cc1CN(CCNC[C@@H](O)CO)c1ccccc1. The number of aliphatic hydroxyl groups excluding tert-OH is 2. The number of para-hydroxylation sites is 1. The van der Waals surface area contributed by atoms with Gasteiger partial charge in [-0.15, -0.1) is 0 Å². The fraction of sp³-hybridized carbons (Fsp3) is 0.316. The van der Waals surface area contributed by atoms with Gasteiger partial charge in [-0.2, -0.15) is 5.26 Å². The Morgan fingerprint density at radius 3 is 2.64 bits per heavy atom. The van der Waals surface area contributed by atoms with Gasteiger partial charge in [-0.1, -0.05) is 29.8 Å². The smallest absolute Gasteiger partial charge is 0.0995 e. The van der Waals surface area contributed by atoms with Crippen LogP contribution in [0.15, 0.2) is 48.5 Å². The molecule has 0 spiro atoms. The average Bonchev–Trinajstić information content (AvgIpc) is 2.64. The Morgan fingerprint density at radius 1 is 1.20 bits per heavy atom. The first-order chi connectivity index (χ1) is 12.1. The molecule has 5 nitrogen and oxygen atoms in total. The van der Waals surface area contributed by atoms with Gasteiger partial charge < -0.3 is 20.4 Å². The van der Waals surface area contributed by atoms with Crippen LogP contribution < -0.4 is 10.2 Å². The van der Waals surface area contributed by atoms with Gasteiger partial charge in [-0.05, 0) is 35.9 Å². The second kappa shape index (κ2) is 10.0. The van der Waals surface area contributed by atoms with E-state index in [0.29, 0.717) is 36.8 Å². The maximum Gasteiger partial charge on any atom is 0.0995 e. The molecule has 6 heteroatoms. The molecule has 3 N–H and O–H groups in total. The Balaban J connectivity index is 2.10. The Kier molecular flexibility index (Phi) is 7.71. The molecule has 0 aromatic heterocycles. The maximum atomic E-state index is 9.40. The molecule has 0 heterocycles. The monoisotopic (exact) mass is 359 g/mol. The topological polar surface area (TPSA) is 79.5 Å². The van der Waals surface area contributed by atoms with Crippen LogP contribution in [0.2, 0.25) is 5.02 Å². The van der Waals surface area contributed by atoms with E-state index in [1.807, 2.05) is 36.4 Å². The van der Waals surface area contributed by atoms with E-state index in [1.54, 1.807) is 12.1 Å². The van der Waals surface area contributed by atoms with Crippen LogP contribution in [0.3, 0.4) is 0 Å². The highest BCUT2D eigenvalue weighted by Crippen LogP contribution is 2.21. The third-order valence-electron chi connectivity index (χ3n) is 3.82. The summed E-state index contributed by atoms with van der Waals surface area (Å²) in [5, 5.41) is 31.3. The molecule has 0 radical (unpaired) electrons. The van der Waals surface area contributed by atoms with E-state index in [4.69, 9.17) is 16.7 Å². The van der Waals surface area contributed by atoms with E-state index in [-0.39, 0.29) is 6.61 Å². The highest BCUT2D eigenvalue weighted by Gasteiger charge is 2.11. The van der Waals surface area contributed by atoms with Crippen molar-refractivity contribution in [1.29, 1.82) is 5.26 Å². The van der Waals surface area contributed by atoms with Crippen molar-refractivity contribution in [3.05, 3.63) is 64.7 Å². The van der Waals surface area contributed by atoms with E-state index >= 15 is 0 Å². The van der Waals surface area contributed by atoms with E-state index in [0.717, 1.165) is 11.3 Å². The molecule has 0 aliphatic rings. The minimum Gasteiger partial charge on any atom is -0.394 e. The lowest BCUT2D eigenvalue weighted by molar-refractivity contribution is 0.0948. The van der Waals surface area contributed by atoms with Crippen LogP contribution in [-0.2, 0) is 6.54 Å². The van der Waals surface area contributed by atoms with Crippen molar-refractivity contribution in [1.82, 2.24) is 5.32 Å². The van der Waals surface area contributed by atoms with E-state index in [2.05, 4.69) is 16.3 Å². The molecule has 0 aliphatic heterocycles. The van der Waals surface area contributed by atoms with Crippen molar-refractivity contribution < 1.29 is 10.2 Å². The van der Waals surface area contributed by atoms with Crippen LogP contribution in [0.4, 0.5) is 5.69 Å². The third kappa shape index (κ3) is 6.04. The predicted octanol–water partition coefficient (Wildman–Crippen LogP) is 2.16. The second-order valence-corrected chi connectivity index (χ2v) is 6.15. The van der Waals surface area contributed by atoms with Gasteiger partial charge in [0.2, 0.25) is 0 Å². The first kappa shape index (κ1) is 19.2. The fourth-order valence-electron chi connectivity index (χ4n) is 2.49. The highest BCUT2D eigenvalue weighted by atomic mass is 35.5. The number of nitrogens with zero attached hydrogens (tertiary/aromatic N) is 2. The van der Waals surface area contributed by atoms with Gasteiger partial charge in [0.15, 0.2) is 0 Å². The number of rotatable bonds is 9. The molecule has 0 saturated carbocycles. The zero-order valence-electron chi connectivity index (χ0n) is 13.9. The number of benzene rings is 2. The summed E-state index contributed by atoms with van der Waals surface area (Å²) in [7, 11) is 0. The van der Waals surface area contributed by atoms with Crippen LogP contribution in [0, 0.1) is 11.3 Å². The van der Waals surface area contributed by atoms with Crippen molar-refractivity contribution in [3.63, 3.8) is 0 Å². The number of nitriles is 1. The van der Waals surface area contributed by atoms with Crippen molar-refractivity contribution in [3.8, 4) is 6.07 Å². The van der Waals surface area contributed by atoms with E-state index in [1.165, 1.54) is 0 Å². The molecular weight excluding hydrogens is 338 g/mol. The van der Waals surface area contributed by atoms with Gasteiger partial charge >= 0.3 is 0 Å². The van der Waals surface area contributed by atoms with Gasteiger partial charge in [0.25, 0.3) is 0 Å². The minimum absolute atomic E-state index is 0.260. The molecule has 1 atom stereocenters. The third-order valence-corrected chi connectivity index (χ3v) is 4.05. The summed E-state index contributed by atoms with van der Waals surface area (Å²) in [6, 6.07) is 17.4. The first-order valence-electron chi connectivity index (χ1n) is 8.12. The normalized spacial score (nSPS) is 11.8. The average molecular weight is 360 g/mol. The summed E-state index contributed by atoms with van der Waals surface area (Å²) in [6.45, 7) is 1.94. The molecule has 2 aromatic carbocycles. The standard InChI is InChI=1S/C19H22ClN3O2/c20-17-7-6-15(11-21)16(10-17)13-23(18-4-2-1-3-5-18)9-8-22-12-19(25)14-24/h1-7,10,19,22,24-25H,8-9,12-14H2/t19-/m1/s1. The molecular formula is C19H22ClN3O2. The van der Waals surface area contributed by atoms with Gasteiger partial charge in [-0.3, -0.25) is 0 Å². The van der Waals surface area contributed by atoms with Gasteiger partial charge in [0.1, 0.15) is 0 Å². The number of anilines is 1. The van der Waals surface area contributed by atoms with Crippen molar-refractivity contribution in [2.24, 2.45) is 0 Å². The lowest BCUT2D eigenvalue weighted by atomic mass is 10.1. The molecule has 0 saturated heterocycles. The summed E-state index contributed by atoms with van der Waals surface area (Å²) in [6.07, 6.45) is -0.761. The van der Waals surface area contributed by atoms with Crippen molar-refractivity contribution in [2.75, 3.05) is 31.1 Å². The Labute approximate surface area is 153 Å². The van der Waals surface area contributed by atoms with Crippen LogP contribution in [0.1, 0.15) is 11.1 Å². The van der Waals surface area contributed by atoms with Gasteiger partial charge in [0, 0.05) is 36.9 Å². The van der Waals surface area contributed by atoms with Gasteiger partial charge in [-0.25, -0.2) is 0 Å². The largest absolute Gasteiger partial charge is 0.394 e. The number of aliphatic hydroxyl groups is 2. The summed E-state index contributed by atoms with van der Waals surface area (Å²) >= 11 is 6.09. The Morgan fingerprint density at radius 2 is 1.96 bits per heavy atom. The van der Waals surface area contributed by atoms with Crippen LogP contribution in [0.5, 0.6) is 0 Å². The lowest BCUT2D eigenvalue weighted by Gasteiger charge is -2.26. The predicted molar refractivity (Wildman–Crippen MR) is 99.6 cm³/mol. The molecule has 2 rings (SSSR count). The summed E-state index contributed by atoms with van der Waals surface area (Å²) in [4.78, 5) is 2.14. The molecule has 0 aliphatic carbocycles. The molecule has 0 bridgehead atoms. The minimum atomic E-state index is -0.761. The Hall–Kier alpha value is -2.10. The lowest BCUT2D eigenvalue weighted by Crippen LogP contribution is -2.36. The molecule has 0 fully saturated rings. The molecule has 0 unspecified atom stereocenters. The van der Waals surface area contributed by atoms with E-state index in [9.17, 15) is 10.4 Å². The molecule has 132 valence electrons. The molecule has 2 aromatic rings. The van der Waals surface area contributed by atoms with Crippen LogP contribution >= 0.6 is 11.6 Å². The first-order valence-corrected chi connectivity index (χ1v) is 8.50. The van der Waals surface area contributed by atoms with Crippen molar-refractivity contribution in [2.45, 2.75) is 12.6 Å². The number of hydrogen-bond donors (Lipinski definition) is 3. The van der Waals surface area contributed by atoms with Crippen LogP contribution in [-0.4, -0.2) is 42.6 Å². The number of halogens is 1. The summed E-state index contributed by atoms with van der Waals surface area (Å²) in [5.41, 5.74) is 2.51. The number of nitrogens with one attached hydrogen (secondary N) is 1. The quantitative estimate of drug-likeness (QED) is 0.598. The highest BCUT2D eigenvalue weighted by molar-refractivity contribution is 6.30. The molecule has 0 amide bonds. The zero-order chi connectivity index (χ0) is 18.1. The Bertz CT molecular complexity index is 704. The number of hydrogen-bond acceptors (Lipinski definition) is 5. The van der Waals surface area contributed by atoms with Crippen molar-refractivity contribution >= 4 is 17.3 Å². The summed E-state index contributed by atoms with van der Waals surface area (Å²) < 4.78 is 0. The van der Waals surface area contributed by atoms with Crippen LogP contribution in [0.25, 0.3) is 0 Å². The fourth-order valence-corrected chi connectivity index (χ4v) is 2.69. The second-order valence-electron chi connectivity index (χ2n) is 5.71. The maximum absolute atomic E-state index is 9.40. The zero-order valence-corrected chi connectivity index (χ0v) is 14.7. The van der Waals surface area contributed by atoms with E-state index < -0.39 is 6.10 Å². The summed E-state index contributed by atoms with van der Waals surface area (Å²) in [5.74, 6) is 0. The van der Waals surface area contributed by atoms with Gasteiger partial charge in [0.05, 0.1) is 24.3 Å².